The molecular formula is C11H22N2O. The number of urea groups is 1. The van der Waals surface area contributed by atoms with Crippen molar-refractivity contribution in [1.29, 1.82) is 0 Å². The van der Waals surface area contributed by atoms with Crippen molar-refractivity contribution >= 4 is 6.03 Å². The molecule has 1 fully saturated rings. The molecule has 1 aliphatic rings. The van der Waals surface area contributed by atoms with E-state index in [1.54, 1.807) is 0 Å². The van der Waals surface area contributed by atoms with Crippen LogP contribution in [0.2, 0.25) is 0 Å². The van der Waals surface area contributed by atoms with E-state index in [1.165, 1.54) is 6.42 Å². The zero-order valence-corrected chi connectivity index (χ0v) is 9.52. The van der Waals surface area contributed by atoms with Gasteiger partial charge in [-0.3, -0.25) is 0 Å². The van der Waals surface area contributed by atoms with Crippen molar-refractivity contribution in [1.82, 2.24) is 10.6 Å². The lowest BCUT2D eigenvalue weighted by Gasteiger charge is -2.32. The van der Waals surface area contributed by atoms with Crippen LogP contribution in [-0.4, -0.2) is 17.6 Å². The number of rotatable bonds is 4. The maximum atomic E-state index is 11.6. The van der Waals surface area contributed by atoms with Gasteiger partial charge in [-0.2, -0.15) is 0 Å². The van der Waals surface area contributed by atoms with Crippen LogP contribution >= 0.6 is 0 Å². The molecule has 0 aromatic carbocycles. The minimum absolute atomic E-state index is 0.000833. The number of hydrogen-bond acceptors (Lipinski definition) is 1. The third kappa shape index (κ3) is 2.89. The summed E-state index contributed by atoms with van der Waals surface area (Å²) in [5.41, 5.74) is -0.0478. The van der Waals surface area contributed by atoms with E-state index in [0.717, 1.165) is 25.7 Å². The van der Waals surface area contributed by atoms with Gasteiger partial charge in [0, 0.05) is 11.6 Å². The second-order valence-electron chi connectivity index (χ2n) is 4.49. The summed E-state index contributed by atoms with van der Waals surface area (Å²) >= 11 is 0. The van der Waals surface area contributed by atoms with Gasteiger partial charge in [0.1, 0.15) is 0 Å². The zero-order valence-electron chi connectivity index (χ0n) is 9.52. The van der Waals surface area contributed by atoms with Crippen LogP contribution < -0.4 is 10.6 Å². The Labute approximate surface area is 86.6 Å². The Morgan fingerprint density at radius 2 is 1.93 bits per heavy atom. The van der Waals surface area contributed by atoms with Gasteiger partial charge in [-0.25, -0.2) is 4.79 Å². The van der Waals surface area contributed by atoms with Gasteiger partial charge >= 0.3 is 6.03 Å². The van der Waals surface area contributed by atoms with Crippen LogP contribution in [0.5, 0.6) is 0 Å². The molecule has 0 aromatic rings. The van der Waals surface area contributed by atoms with Crippen LogP contribution in [0.25, 0.3) is 0 Å². The fourth-order valence-electron chi connectivity index (χ4n) is 1.47. The molecule has 2 amide bonds. The molecule has 0 radical (unpaired) electrons. The van der Waals surface area contributed by atoms with Crippen LogP contribution in [0.15, 0.2) is 0 Å². The molecule has 0 spiro atoms. The molecule has 0 heterocycles. The highest BCUT2D eigenvalue weighted by Crippen LogP contribution is 2.18. The third-order valence-corrected chi connectivity index (χ3v) is 3.42. The molecule has 3 nitrogen and oxygen atoms in total. The molecule has 2 N–H and O–H groups in total. The smallest absolute Gasteiger partial charge is 0.315 e. The van der Waals surface area contributed by atoms with Crippen molar-refractivity contribution in [3.8, 4) is 0 Å². The van der Waals surface area contributed by atoms with E-state index in [2.05, 4.69) is 31.4 Å². The first kappa shape index (κ1) is 11.3. The van der Waals surface area contributed by atoms with E-state index in [0.29, 0.717) is 6.04 Å². The fraction of sp³-hybridized carbons (Fsp3) is 0.909. The topological polar surface area (TPSA) is 41.1 Å². The molecule has 0 atom stereocenters. The molecule has 0 unspecified atom stereocenters. The molecule has 14 heavy (non-hydrogen) atoms. The first-order valence-corrected chi connectivity index (χ1v) is 5.68. The van der Waals surface area contributed by atoms with Gasteiger partial charge in [-0.1, -0.05) is 13.8 Å². The Morgan fingerprint density at radius 3 is 2.29 bits per heavy atom. The molecular weight excluding hydrogens is 176 g/mol. The second kappa shape index (κ2) is 4.67. The van der Waals surface area contributed by atoms with E-state index in [4.69, 9.17) is 0 Å². The molecule has 1 aliphatic carbocycles. The van der Waals surface area contributed by atoms with Crippen LogP contribution in [0, 0.1) is 0 Å². The molecule has 1 rings (SSSR count). The van der Waals surface area contributed by atoms with E-state index in [-0.39, 0.29) is 11.6 Å². The summed E-state index contributed by atoms with van der Waals surface area (Å²) in [4.78, 5) is 11.6. The van der Waals surface area contributed by atoms with E-state index in [9.17, 15) is 4.79 Å². The summed E-state index contributed by atoms with van der Waals surface area (Å²) in [6.45, 7) is 6.30. The Bertz CT molecular complexity index is 195. The molecule has 3 heteroatoms. The maximum absolute atomic E-state index is 11.6. The maximum Gasteiger partial charge on any atom is 0.315 e. The van der Waals surface area contributed by atoms with Crippen LogP contribution in [0.1, 0.15) is 52.9 Å². The predicted octanol–water partition coefficient (Wildman–Crippen LogP) is 2.42. The van der Waals surface area contributed by atoms with Gasteiger partial charge < -0.3 is 10.6 Å². The lowest BCUT2D eigenvalue weighted by Crippen LogP contribution is -2.53. The van der Waals surface area contributed by atoms with Crippen molar-refractivity contribution < 1.29 is 4.79 Å². The second-order valence-corrected chi connectivity index (χ2v) is 4.49. The molecule has 0 aromatic heterocycles. The highest BCUT2D eigenvalue weighted by molar-refractivity contribution is 5.75. The fourth-order valence-corrected chi connectivity index (χ4v) is 1.47. The quantitative estimate of drug-likeness (QED) is 0.715. The highest BCUT2D eigenvalue weighted by Gasteiger charge is 2.24. The van der Waals surface area contributed by atoms with Gasteiger partial charge in [0.2, 0.25) is 0 Å². The minimum Gasteiger partial charge on any atom is -0.335 e. The van der Waals surface area contributed by atoms with E-state index < -0.39 is 0 Å². The van der Waals surface area contributed by atoms with E-state index in [1.807, 2.05) is 0 Å². The largest absolute Gasteiger partial charge is 0.335 e. The monoisotopic (exact) mass is 198 g/mol. The summed E-state index contributed by atoms with van der Waals surface area (Å²) in [6, 6.07) is 0.425. The standard InChI is InChI=1S/C11H22N2O/c1-4-11(3,5-2)13-10(14)12-9-7-6-8-9/h9H,4-8H2,1-3H3,(H2,12,13,14). The number of amides is 2. The number of nitrogens with one attached hydrogen (secondary N) is 2. The molecule has 82 valence electrons. The normalized spacial score (nSPS) is 17.4. The number of hydrogen-bond donors (Lipinski definition) is 2. The SMILES string of the molecule is CCC(C)(CC)NC(=O)NC1CCC1. The van der Waals surface area contributed by atoms with Gasteiger partial charge in [-0.05, 0) is 39.0 Å². The molecule has 0 aliphatic heterocycles. The average molecular weight is 198 g/mol. The third-order valence-electron chi connectivity index (χ3n) is 3.42. The van der Waals surface area contributed by atoms with Crippen LogP contribution in [-0.2, 0) is 0 Å². The lowest BCUT2D eigenvalue weighted by atomic mass is 9.93. The average Bonchev–Trinajstić information content (AvgIpc) is 2.11. The van der Waals surface area contributed by atoms with Crippen LogP contribution in [0.4, 0.5) is 4.79 Å². The van der Waals surface area contributed by atoms with Crippen molar-refractivity contribution in [3.05, 3.63) is 0 Å². The Kier molecular flexibility index (Phi) is 3.78. The number of carbonyl (C=O) groups is 1. The molecule has 0 bridgehead atoms. The van der Waals surface area contributed by atoms with Gasteiger partial charge in [-0.15, -0.1) is 0 Å². The van der Waals surface area contributed by atoms with Crippen LogP contribution in [0.3, 0.4) is 0 Å². The number of carbonyl (C=O) groups excluding carboxylic acids is 1. The zero-order chi connectivity index (χ0) is 10.6. The van der Waals surface area contributed by atoms with E-state index >= 15 is 0 Å². The summed E-state index contributed by atoms with van der Waals surface area (Å²) in [6.07, 6.45) is 5.48. The summed E-state index contributed by atoms with van der Waals surface area (Å²) < 4.78 is 0. The highest BCUT2D eigenvalue weighted by atomic mass is 16.2. The summed E-state index contributed by atoms with van der Waals surface area (Å²) in [5.74, 6) is 0. The van der Waals surface area contributed by atoms with Crippen molar-refractivity contribution in [3.63, 3.8) is 0 Å². The van der Waals surface area contributed by atoms with Gasteiger partial charge in [0.15, 0.2) is 0 Å². The summed E-state index contributed by atoms with van der Waals surface area (Å²) in [7, 11) is 0. The van der Waals surface area contributed by atoms with Gasteiger partial charge in [0.05, 0.1) is 0 Å². The van der Waals surface area contributed by atoms with Crippen molar-refractivity contribution in [2.45, 2.75) is 64.5 Å². The Morgan fingerprint density at radius 1 is 1.36 bits per heavy atom. The van der Waals surface area contributed by atoms with Crippen molar-refractivity contribution in [2.24, 2.45) is 0 Å². The van der Waals surface area contributed by atoms with Gasteiger partial charge in [0.25, 0.3) is 0 Å². The first-order chi connectivity index (χ1) is 6.59. The predicted molar refractivity (Wildman–Crippen MR) is 58.3 cm³/mol. The Balaban J connectivity index is 2.30. The summed E-state index contributed by atoms with van der Waals surface area (Å²) in [5, 5.41) is 6.03. The molecule has 1 saturated carbocycles. The first-order valence-electron chi connectivity index (χ1n) is 5.68. The minimum atomic E-state index is -0.0478. The van der Waals surface area contributed by atoms with Crippen molar-refractivity contribution in [2.75, 3.05) is 0 Å². The molecule has 0 saturated heterocycles. The Hall–Kier alpha value is -0.730. The lowest BCUT2D eigenvalue weighted by molar-refractivity contribution is 0.213.